The predicted octanol–water partition coefficient (Wildman–Crippen LogP) is 0.946. The highest BCUT2D eigenvalue weighted by Gasteiger charge is 2.21. The average Bonchev–Trinajstić information content (AvgIpc) is 2.18. The summed E-state index contributed by atoms with van der Waals surface area (Å²) in [4.78, 5) is 13.3. The van der Waals surface area contributed by atoms with Gasteiger partial charge in [0.25, 0.3) is 0 Å². The Kier molecular flexibility index (Phi) is 7.34. The molecule has 16 heavy (non-hydrogen) atoms. The van der Waals surface area contributed by atoms with Crippen molar-refractivity contribution in [3.8, 4) is 0 Å². The Morgan fingerprint density at radius 3 is 2.00 bits per heavy atom. The monoisotopic (exact) mass is 229 g/mol. The maximum Gasteiger partial charge on any atom is 0.235 e. The third-order valence-corrected chi connectivity index (χ3v) is 2.86. The van der Waals surface area contributed by atoms with E-state index in [1.807, 2.05) is 0 Å². The Bertz CT molecular complexity index is 202. The first-order chi connectivity index (χ1) is 7.42. The summed E-state index contributed by atoms with van der Waals surface area (Å²) in [6.45, 7) is 10.2. The van der Waals surface area contributed by atoms with Gasteiger partial charge in [-0.1, -0.05) is 27.7 Å². The number of nitrogens with two attached hydrogens (primary N) is 2. The molecule has 0 aliphatic heterocycles. The maximum absolute atomic E-state index is 11.0. The maximum atomic E-state index is 11.0. The molecule has 0 heterocycles. The van der Waals surface area contributed by atoms with E-state index in [1.54, 1.807) is 0 Å². The highest BCUT2D eigenvalue weighted by atomic mass is 16.1. The summed E-state index contributed by atoms with van der Waals surface area (Å²) in [5.41, 5.74) is 10.9. The highest BCUT2D eigenvalue weighted by molar-refractivity contribution is 5.79. The summed E-state index contributed by atoms with van der Waals surface area (Å²) in [6, 6.07) is -0.0628. The van der Waals surface area contributed by atoms with E-state index in [2.05, 4.69) is 32.6 Å². The van der Waals surface area contributed by atoms with E-state index in [-0.39, 0.29) is 0 Å². The molecule has 0 aromatic carbocycles. The molecule has 0 fully saturated rings. The van der Waals surface area contributed by atoms with Crippen LogP contribution in [0.2, 0.25) is 0 Å². The van der Waals surface area contributed by atoms with Gasteiger partial charge in [0, 0.05) is 19.1 Å². The number of carbonyl (C=O) groups is 1. The second-order valence-electron chi connectivity index (χ2n) is 4.83. The standard InChI is InChI=1S/C12H27N3O/c1-5-10(6-2)15(7-9(3)4)8-11(13)12(14)16/h9-11H,5-8,13H2,1-4H3,(H2,14,16). The zero-order chi connectivity index (χ0) is 12.7. The van der Waals surface area contributed by atoms with Crippen molar-refractivity contribution in [1.29, 1.82) is 0 Å². The number of amides is 1. The Morgan fingerprint density at radius 2 is 1.69 bits per heavy atom. The van der Waals surface area contributed by atoms with E-state index in [1.165, 1.54) is 0 Å². The summed E-state index contributed by atoms with van der Waals surface area (Å²) in [6.07, 6.45) is 2.16. The van der Waals surface area contributed by atoms with Gasteiger partial charge in [-0.05, 0) is 18.8 Å². The molecule has 1 amide bonds. The lowest BCUT2D eigenvalue weighted by Crippen LogP contribution is -2.49. The van der Waals surface area contributed by atoms with E-state index in [9.17, 15) is 4.79 Å². The number of carbonyl (C=O) groups excluding carboxylic acids is 1. The van der Waals surface area contributed by atoms with Gasteiger partial charge in [0.2, 0.25) is 5.91 Å². The second kappa shape index (κ2) is 7.63. The molecule has 0 aliphatic rings. The van der Waals surface area contributed by atoms with Crippen LogP contribution in [0.5, 0.6) is 0 Å². The Hall–Kier alpha value is -0.610. The average molecular weight is 229 g/mol. The molecule has 4 N–H and O–H groups in total. The molecule has 1 atom stereocenters. The van der Waals surface area contributed by atoms with E-state index >= 15 is 0 Å². The minimum atomic E-state index is -0.556. The molecule has 0 aromatic heterocycles. The molecular weight excluding hydrogens is 202 g/mol. The Labute approximate surface area is 99.4 Å². The lowest BCUT2D eigenvalue weighted by atomic mass is 10.1. The number of rotatable bonds is 8. The highest BCUT2D eigenvalue weighted by Crippen LogP contribution is 2.11. The number of primary amides is 1. The minimum Gasteiger partial charge on any atom is -0.368 e. The summed E-state index contributed by atoms with van der Waals surface area (Å²) in [7, 11) is 0. The van der Waals surface area contributed by atoms with Crippen molar-refractivity contribution in [2.24, 2.45) is 17.4 Å². The third kappa shape index (κ3) is 5.47. The van der Waals surface area contributed by atoms with Crippen molar-refractivity contribution in [2.75, 3.05) is 13.1 Å². The van der Waals surface area contributed by atoms with Gasteiger partial charge in [-0.15, -0.1) is 0 Å². The first kappa shape index (κ1) is 15.4. The van der Waals surface area contributed by atoms with Crippen molar-refractivity contribution >= 4 is 5.91 Å². The molecule has 4 nitrogen and oxygen atoms in total. The molecule has 0 bridgehead atoms. The van der Waals surface area contributed by atoms with Crippen LogP contribution in [0.25, 0.3) is 0 Å². The number of hydrogen-bond donors (Lipinski definition) is 2. The molecule has 0 radical (unpaired) electrons. The largest absolute Gasteiger partial charge is 0.368 e. The molecule has 1 unspecified atom stereocenters. The summed E-state index contributed by atoms with van der Waals surface area (Å²) < 4.78 is 0. The molecule has 4 heteroatoms. The minimum absolute atomic E-state index is 0.417. The fraction of sp³-hybridized carbons (Fsp3) is 0.917. The topological polar surface area (TPSA) is 72.3 Å². The van der Waals surface area contributed by atoms with Crippen LogP contribution >= 0.6 is 0 Å². The first-order valence-electron chi connectivity index (χ1n) is 6.21. The zero-order valence-electron chi connectivity index (χ0n) is 11.1. The number of hydrogen-bond acceptors (Lipinski definition) is 3. The van der Waals surface area contributed by atoms with Gasteiger partial charge >= 0.3 is 0 Å². The van der Waals surface area contributed by atoms with Crippen LogP contribution in [0, 0.1) is 5.92 Å². The SMILES string of the molecule is CCC(CC)N(CC(C)C)CC(N)C(N)=O. The summed E-state index contributed by atoms with van der Waals surface area (Å²) >= 11 is 0. The van der Waals surface area contributed by atoms with Gasteiger partial charge in [0.1, 0.15) is 0 Å². The van der Waals surface area contributed by atoms with Gasteiger partial charge in [-0.3, -0.25) is 9.69 Å². The summed E-state index contributed by atoms with van der Waals surface area (Å²) in [5.74, 6) is 0.153. The van der Waals surface area contributed by atoms with Crippen molar-refractivity contribution in [2.45, 2.75) is 52.6 Å². The summed E-state index contributed by atoms with van der Waals surface area (Å²) in [5, 5.41) is 0. The molecule has 0 rings (SSSR count). The molecule has 0 aromatic rings. The lowest BCUT2D eigenvalue weighted by Gasteiger charge is -2.33. The molecule has 96 valence electrons. The predicted molar refractivity (Wildman–Crippen MR) is 68.0 cm³/mol. The van der Waals surface area contributed by atoms with E-state index in [0.29, 0.717) is 18.5 Å². The van der Waals surface area contributed by atoms with E-state index < -0.39 is 11.9 Å². The molecule has 0 saturated carbocycles. The smallest absolute Gasteiger partial charge is 0.235 e. The van der Waals surface area contributed by atoms with Gasteiger partial charge in [0.15, 0.2) is 0 Å². The molecular formula is C12H27N3O. The number of nitrogens with zero attached hydrogens (tertiary/aromatic N) is 1. The van der Waals surface area contributed by atoms with Crippen molar-refractivity contribution in [3.63, 3.8) is 0 Å². The normalized spacial score (nSPS) is 13.8. The van der Waals surface area contributed by atoms with Crippen LogP contribution in [0.3, 0.4) is 0 Å². The third-order valence-electron chi connectivity index (χ3n) is 2.86. The molecule has 0 saturated heterocycles. The molecule has 0 spiro atoms. The van der Waals surface area contributed by atoms with Crippen molar-refractivity contribution in [3.05, 3.63) is 0 Å². The van der Waals surface area contributed by atoms with Crippen LogP contribution in [0.4, 0.5) is 0 Å². The lowest BCUT2D eigenvalue weighted by molar-refractivity contribution is -0.119. The Morgan fingerprint density at radius 1 is 1.19 bits per heavy atom. The van der Waals surface area contributed by atoms with Gasteiger partial charge in [-0.2, -0.15) is 0 Å². The van der Waals surface area contributed by atoms with E-state index in [0.717, 1.165) is 19.4 Å². The van der Waals surface area contributed by atoms with Gasteiger partial charge < -0.3 is 11.5 Å². The van der Waals surface area contributed by atoms with Gasteiger partial charge in [-0.25, -0.2) is 0 Å². The van der Waals surface area contributed by atoms with Crippen molar-refractivity contribution in [1.82, 2.24) is 4.90 Å². The van der Waals surface area contributed by atoms with Crippen LogP contribution in [-0.2, 0) is 4.79 Å². The van der Waals surface area contributed by atoms with Crippen LogP contribution < -0.4 is 11.5 Å². The molecule has 0 aliphatic carbocycles. The van der Waals surface area contributed by atoms with Crippen molar-refractivity contribution < 1.29 is 4.79 Å². The first-order valence-corrected chi connectivity index (χ1v) is 6.21. The quantitative estimate of drug-likeness (QED) is 0.651. The fourth-order valence-corrected chi connectivity index (χ4v) is 1.99. The van der Waals surface area contributed by atoms with Crippen LogP contribution in [0.1, 0.15) is 40.5 Å². The fourth-order valence-electron chi connectivity index (χ4n) is 1.99. The zero-order valence-corrected chi connectivity index (χ0v) is 11.1. The Balaban J connectivity index is 4.46. The van der Waals surface area contributed by atoms with Crippen LogP contribution in [-0.4, -0.2) is 36.0 Å². The second-order valence-corrected chi connectivity index (χ2v) is 4.83. The van der Waals surface area contributed by atoms with Crippen LogP contribution in [0.15, 0.2) is 0 Å². The van der Waals surface area contributed by atoms with Gasteiger partial charge in [0.05, 0.1) is 6.04 Å². The van der Waals surface area contributed by atoms with E-state index in [4.69, 9.17) is 11.5 Å².